The van der Waals surface area contributed by atoms with Crippen LogP contribution in [-0.4, -0.2) is 33.4 Å². The molecule has 1 saturated heterocycles. The minimum atomic E-state index is -0.0737. The van der Waals surface area contributed by atoms with Gasteiger partial charge in [-0.25, -0.2) is 4.79 Å². The summed E-state index contributed by atoms with van der Waals surface area (Å²) in [5.41, 5.74) is 4.45. The molecule has 0 spiro atoms. The minimum absolute atomic E-state index is 0.0548. The number of nitrogens with zero attached hydrogens (tertiary/aromatic N) is 2. The summed E-state index contributed by atoms with van der Waals surface area (Å²) in [5, 5.41) is 0. The van der Waals surface area contributed by atoms with Crippen LogP contribution in [0.15, 0.2) is 83.7 Å². The normalized spacial score (nSPS) is 14.9. The summed E-state index contributed by atoms with van der Waals surface area (Å²) in [5.74, 6) is 0.0548. The highest BCUT2D eigenvalue weighted by atomic mass is 16.2. The Hall–Kier alpha value is -3.60. The van der Waals surface area contributed by atoms with Gasteiger partial charge in [-0.15, -0.1) is 0 Å². The second-order valence-corrected chi connectivity index (χ2v) is 7.75. The third-order valence-electron chi connectivity index (χ3n) is 5.98. The van der Waals surface area contributed by atoms with Gasteiger partial charge in [0.25, 0.3) is 5.91 Å². The van der Waals surface area contributed by atoms with Gasteiger partial charge in [-0.3, -0.25) is 9.36 Å². The number of rotatable bonds is 3. The molecule has 0 bridgehead atoms. The molecule has 1 aromatic heterocycles. The van der Waals surface area contributed by atoms with Gasteiger partial charge in [0.05, 0.1) is 11.0 Å². The number of para-hydroxylation sites is 2. The monoisotopic (exact) mass is 397 g/mol. The number of imidazole rings is 1. The molecule has 150 valence electrons. The van der Waals surface area contributed by atoms with Gasteiger partial charge in [0, 0.05) is 24.7 Å². The van der Waals surface area contributed by atoms with E-state index in [0.29, 0.717) is 13.1 Å². The number of benzene rings is 3. The molecule has 30 heavy (non-hydrogen) atoms. The topological polar surface area (TPSA) is 58.1 Å². The van der Waals surface area contributed by atoms with Gasteiger partial charge < -0.3 is 9.88 Å². The first-order chi connectivity index (χ1) is 14.7. The fraction of sp³-hybridized carbons (Fsp3) is 0.200. The van der Waals surface area contributed by atoms with Crippen LogP contribution in [0.4, 0.5) is 0 Å². The fourth-order valence-electron chi connectivity index (χ4n) is 4.47. The lowest BCUT2D eigenvalue weighted by atomic mass is 9.97. The van der Waals surface area contributed by atoms with Crippen molar-refractivity contribution < 1.29 is 4.79 Å². The summed E-state index contributed by atoms with van der Waals surface area (Å²) in [6, 6.07) is 25.7. The summed E-state index contributed by atoms with van der Waals surface area (Å²) >= 11 is 0. The first-order valence-corrected chi connectivity index (χ1v) is 10.4. The minimum Gasteiger partial charge on any atom is -0.338 e. The Labute approximate surface area is 174 Å². The Morgan fingerprint density at radius 3 is 2.30 bits per heavy atom. The molecule has 2 heterocycles. The average Bonchev–Trinajstić information content (AvgIpc) is 3.15. The van der Waals surface area contributed by atoms with Crippen LogP contribution in [0.5, 0.6) is 0 Å². The molecule has 0 saturated carbocycles. The Morgan fingerprint density at radius 1 is 0.833 bits per heavy atom. The van der Waals surface area contributed by atoms with E-state index < -0.39 is 0 Å². The van der Waals surface area contributed by atoms with Crippen molar-refractivity contribution in [1.29, 1.82) is 0 Å². The number of carbonyl (C=O) groups excluding carboxylic acids is 1. The van der Waals surface area contributed by atoms with Gasteiger partial charge in [-0.2, -0.15) is 0 Å². The number of aromatic amines is 1. The number of H-pyrrole nitrogens is 1. The standard InChI is InChI=1S/C25H23N3O2/c29-24(21-11-5-4-10-20(21)18-8-2-1-3-9-18)27-16-14-19(15-17-27)28-23-13-7-6-12-22(23)26-25(28)30/h1-13,19H,14-17H2,(H,26,30). The molecule has 1 aliphatic rings. The highest BCUT2D eigenvalue weighted by Gasteiger charge is 2.27. The molecule has 5 heteroatoms. The molecule has 1 amide bonds. The molecule has 0 radical (unpaired) electrons. The molecular weight excluding hydrogens is 374 g/mol. The van der Waals surface area contributed by atoms with Crippen LogP contribution in [0.1, 0.15) is 29.2 Å². The van der Waals surface area contributed by atoms with Crippen LogP contribution in [0.2, 0.25) is 0 Å². The van der Waals surface area contributed by atoms with Crippen molar-refractivity contribution in [2.75, 3.05) is 13.1 Å². The lowest BCUT2D eigenvalue weighted by Crippen LogP contribution is -2.40. The van der Waals surface area contributed by atoms with E-state index in [9.17, 15) is 9.59 Å². The molecule has 5 rings (SSSR count). The molecule has 4 aromatic rings. The maximum Gasteiger partial charge on any atom is 0.326 e. The molecule has 1 N–H and O–H groups in total. The van der Waals surface area contributed by atoms with E-state index in [1.807, 2.05) is 88.3 Å². The van der Waals surface area contributed by atoms with Gasteiger partial charge in [0.1, 0.15) is 0 Å². The average molecular weight is 397 g/mol. The highest BCUT2D eigenvalue weighted by Crippen LogP contribution is 2.28. The van der Waals surface area contributed by atoms with E-state index >= 15 is 0 Å². The molecule has 1 aliphatic heterocycles. The fourth-order valence-corrected chi connectivity index (χ4v) is 4.47. The van der Waals surface area contributed by atoms with Crippen molar-refractivity contribution in [2.24, 2.45) is 0 Å². The van der Waals surface area contributed by atoms with Crippen molar-refractivity contribution in [3.05, 3.63) is 94.9 Å². The van der Waals surface area contributed by atoms with Gasteiger partial charge in [0.15, 0.2) is 0 Å². The second-order valence-electron chi connectivity index (χ2n) is 7.75. The second kappa shape index (κ2) is 7.67. The van der Waals surface area contributed by atoms with E-state index in [1.165, 1.54) is 0 Å². The van der Waals surface area contributed by atoms with Crippen LogP contribution in [0.25, 0.3) is 22.2 Å². The van der Waals surface area contributed by atoms with E-state index in [0.717, 1.165) is 40.6 Å². The van der Waals surface area contributed by atoms with E-state index in [-0.39, 0.29) is 17.6 Å². The number of nitrogens with one attached hydrogen (secondary N) is 1. The van der Waals surface area contributed by atoms with E-state index in [2.05, 4.69) is 4.98 Å². The van der Waals surface area contributed by atoms with Crippen LogP contribution >= 0.6 is 0 Å². The third-order valence-corrected chi connectivity index (χ3v) is 5.98. The first kappa shape index (κ1) is 18.4. The summed E-state index contributed by atoms with van der Waals surface area (Å²) in [7, 11) is 0. The maximum absolute atomic E-state index is 13.3. The third kappa shape index (κ3) is 3.22. The van der Waals surface area contributed by atoms with Crippen LogP contribution in [0, 0.1) is 0 Å². The number of piperidine rings is 1. The molecule has 5 nitrogen and oxygen atoms in total. The molecule has 3 aromatic carbocycles. The number of fused-ring (bicyclic) bond motifs is 1. The predicted molar refractivity (Wildman–Crippen MR) is 119 cm³/mol. The van der Waals surface area contributed by atoms with Gasteiger partial charge in [0.2, 0.25) is 0 Å². The molecule has 0 unspecified atom stereocenters. The number of hydrogen-bond donors (Lipinski definition) is 1. The SMILES string of the molecule is O=C(c1ccccc1-c1ccccc1)N1CCC(n2c(=O)[nH]c3ccccc32)CC1. The smallest absolute Gasteiger partial charge is 0.326 e. The lowest BCUT2D eigenvalue weighted by molar-refractivity contribution is 0.0696. The summed E-state index contributed by atoms with van der Waals surface area (Å²) in [6.07, 6.45) is 1.53. The Kier molecular flexibility index (Phi) is 4.71. The quantitative estimate of drug-likeness (QED) is 0.554. The van der Waals surface area contributed by atoms with Crippen molar-refractivity contribution in [2.45, 2.75) is 18.9 Å². The van der Waals surface area contributed by atoms with Gasteiger partial charge in [-0.05, 0) is 42.2 Å². The number of aromatic nitrogens is 2. The zero-order valence-electron chi connectivity index (χ0n) is 16.6. The Morgan fingerprint density at radius 2 is 1.50 bits per heavy atom. The Balaban J connectivity index is 1.37. The van der Waals surface area contributed by atoms with Gasteiger partial charge >= 0.3 is 5.69 Å². The van der Waals surface area contributed by atoms with Crippen molar-refractivity contribution in [1.82, 2.24) is 14.5 Å². The zero-order valence-corrected chi connectivity index (χ0v) is 16.6. The molecular formula is C25H23N3O2. The summed E-state index contributed by atoms with van der Waals surface area (Å²) in [4.78, 5) is 30.7. The van der Waals surface area contributed by atoms with Crippen molar-refractivity contribution >= 4 is 16.9 Å². The van der Waals surface area contributed by atoms with Crippen molar-refractivity contribution in [3.63, 3.8) is 0 Å². The number of hydrogen-bond acceptors (Lipinski definition) is 2. The number of carbonyl (C=O) groups is 1. The highest BCUT2D eigenvalue weighted by molar-refractivity contribution is 6.01. The van der Waals surface area contributed by atoms with Crippen molar-refractivity contribution in [3.8, 4) is 11.1 Å². The molecule has 0 atom stereocenters. The van der Waals surface area contributed by atoms with Crippen LogP contribution in [-0.2, 0) is 0 Å². The summed E-state index contributed by atoms with van der Waals surface area (Å²) in [6.45, 7) is 1.27. The summed E-state index contributed by atoms with van der Waals surface area (Å²) < 4.78 is 1.86. The number of likely N-dealkylation sites (tertiary alicyclic amines) is 1. The maximum atomic E-state index is 13.3. The Bertz CT molecular complexity index is 1250. The van der Waals surface area contributed by atoms with Crippen LogP contribution < -0.4 is 5.69 Å². The van der Waals surface area contributed by atoms with Gasteiger partial charge in [-0.1, -0.05) is 60.7 Å². The predicted octanol–water partition coefficient (Wildman–Crippen LogP) is 4.47. The molecule has 1 fully saturated rings. The lowest BCUT2D eigenvalue weighted by Gasteiger charge is -2.33. The van der Waals surface area contributed by atoms with E-state index in [4.69, 9.17) is 0 Å². The van der Waals surface area contributed by atoms with Crippen LogP contribution in [0.3, 0.4) is 0 Å². The first-order valence-electron chi connectivity index (χ1n) is 10.4. The molecule has 0 aliphatic carbocycles. The zero-order chi connectivity index (χ0) is 20.5. The van der Waals surface area contributed by atoms with E-state index in [1.54, 1.807) is 0 Å². The number of amides is 1. The largest absolute Gasteiger partial charge is 0.338 e.